The summed E-state index contributed by atoms with van der Waals surface area (Å²) in [6.07, 6.45) is 3.87. The van der Waals surface area contributed by atoms with Crippen LogP contribution in [0.2, 0.25) is 0 Å². The van der Waals surface area contributed by atoms with Crippen LogP contribution in [-0.2, 0) is 11.2 Å². The molecule has 86 valence electrons. The molecule has 0 heterocycles. The zero-order valence-electron chi connectivity index (χ0n) is 10.2. The summed E-state index contributed by atoms with van der Waals surface area (Å²) in [4.78, 5) is 11.9. The van der Waals surface area contributed by atoms with Crippen LogP contribution in [0.5, 0.6) is 0 Å². The van der Waals surface area contributed by atoms with Gasteiger partial charge in [0.05, 0.1) is 0 Å². The number of rotatable bonds is 3. The number of Topliss-reactive ketones (excluding diaryl/α,β-unsaturated/α-hetero) is 1. The molecule has 0 spiro atoms. The maximum atomic E-state index is 11.9. The van der Waals surface area contributed by atoms with Gasteiger partial charge in [-0.05, 0) is 30.7 Å². The van der Waals surface area contributed by atoms with E-state index in [1.54, 1.807) is 0 Å². The second-order valence-corrected chi connectivity index (χ2v) is 5.48. The van der Waals surface area contributed by atoms with E-state index in [0.717, 1.165) is 25.7 Å². The van der Waals surface area contributed by atoms with E-state index in [-0.39, 0.29) is 5.41 Å². The molecule has 0 unspecified atom stereocenters. The van der Waals surface area contributed by atoms with Crippen molar-refractivity contribution < 1.29 is 4.79 Å². The number of aryl methyl sites for hydroxylation is 1. The van der Waals surface area contributed by atoms with Gasteiger partial charge in [0.25, 0.3) is 0 Å². The molecule has 1 aliphatic rings. The molecule has 0 bridgehead atoms. The van der Waals surface area contributed by atoms with Crippen LogP contribution >= 0.6 is 0 Å². The van der Waals surface area contributed by atoms with Gasteiger partial charge in [-0.25, -0.2) is 0 Å². The second kappa shape index (κ2) is 4.40. The van der Waals surface area contributed by atoms with Crippen LogP contribution in [-0.4, -0.2) is 5.78 Å². The van der Waals surface area contributed by atoms with Gasteiger partial charge in [-0.15, -0.1) is 0 Å². The predicted octanol–water partition coefficient (Wildman–Crippen LogP) is 3.62. The van der Waals surface area contributed by atoms with Gasteiger partial charge in [-0.1, -0.05) is 44.2 Å². The van der Waals surface area contributed by atoms with Crippen molar-refractivity contribution in [2.45, 2.75) is 39.5 Å². The molecule has 2 rings (SSSR count). The Morgan fingerprint density at radius 3 is 2.56 bits per heavy atom. The molecule has 2 atom stereocenters. The molecule has 0 aliphatic heterocycles. The highest BCUT2D eigenvalue weighted by molar-refractivity contribution is 5.86. The highest BCUT2D eigenvalue weighted by Gasteiger charge is 2.40. The Kier molecular flexibility index (Phi) is 3.13. The molecule has 1 aromatic rings. The standard InChI is InChI=1S/C15H20O/c1-12-10-14(16)15(2,11-12)9-8-13-6-4-3-5-7-13/h3-7,12H,8-11H2,1-2H3/t12-,15-/m0/s1. The SMILES string of the molecule is C[C@H]1CC(=O)[C@@](C)(CCc2ccccc2)C1. The minimum Gasteiger partial charge on any atom is -0.299 e. The molecule has 16 heavy (non-hydrogen) atoms. The third kappa shape index (κ3) is 2.34. The molecule has 0 N–H and O–H groups in total. The van der Waals surface area contributed by atoms with Gasteiger partial charge in [0.1, 0.15) is 5.78 Å². The number of hydrogen-bond acceptors (Lipinski definition) is 1. The van der Waals surface area contributed by atoms with Gasteiger partial charge in [0.2, 0.25) is 0 Å². The van der Waals surface area contributed by atoms with Gasteiger partial charge in [-0.3, -0.25) is 4.79 Å². The summed E-state index contributed by atoms with van der Waals surface area (Å²) in [5.74, 6) is 1.05. The summed E-state index contributed by atoms with van der Waals surface area (Å²) in [5, 5.41) is 0. The first kappa shape index (κ1) is 11.4. The number of ketones is 1. The van der Waals surface area contributed by atoms with Gasteiger partial charge >= 0.3 is 0 Å². The molecule has 0 amide bonds. The van der Waals surface area contributed by atoms with E-state index in [1.165, 1.54) is 5.56 Å². The lowest BCUT2D eigenvalue weighted by Gasteiger charge is -2.22. The van der Waals surface area contributed by atoms with Gasteiger partial charge in [0, 0.05) is 11.8 Å². The molecule has 1 heteroatoms. The minimum atomic E-state index is -0.0603. The average Bonchev–Trinajstić information content (AvgIpc) is 2.52. The smallest absolute Gasteiger partial charge is 0.139 e. The zero-order chi connectivity index (χ0) is 11.6. The first-order chi connectivity index (χ1) is 7.60. The fourth-order valence-electron chi connectivity index (χ4n) is 2.82. The fourth-order valence-corrected chi connectivity index (χ4v) is 2.82. The number of benzene rings is 1. The zero-order valence-corrected chi connectivity index (χ0v) is 10.2. The second-order valence-electron chi connectivity index (χ2n) is 5.48. The Hall–Kier alpha value is -1.11. The van der Waals surface area contributed by atoms with Crippen molar-refractivity contribution in [3.8, 4) is 0 Å². The molecule has 1 aromatic carbocycles. The Bertz CT molecular complexity index is 368. The third-order valence-electron chi connectivity index (χ3n) is 3.81. The lowest BCUT2D eigenvalue weighted by Crippen LogP contribution is -2.22. The maximum absolute atomic E-state index is 11.9. The van der Waals surface area contributed by atoms with E-state index in [1.807, 2.05) is 6.07 Å². The summed E-state index contributed by atoms with van der Waals surface area (Å²) in [5.41, 5.74) is 1.28. The van der Waals surface area contributed by atoms with E-state index >= 15 is 0 Å². The van der Waals surface area contributed by atoms with Crippen LogP contribution in [0, 0.1) is 11.3 Å². The van der Waals surface area contributed by atoms with Crippen molar-refractivity contribution >= 4 is 5.78 Å². The van der Waals surface area contributed by atoms with Crippen LogP contribution in [0.1, 0.15) is 38.7 Å². The molecule has 1 aliphatic carbocycles. The maximum Gasteiger partial charge on any atom is 0.139 e. The van der Waals surface area contributed by atoms with Gasteiger partial charge in [0.15, 0.2) is 0 Å². The van der Waals surface area contributed by atoms with Crippen molar-refractivity contribution in [2.24, 2.45) is 11.3 Å². The van der Waals surface area contributed by atoms with Crippen LogP contribution in [0.4, 0.5) is 0 Å². The van der Waals surface area contributed by atoms with Crippen LogP contribution in [0.15, 0.2) is 30.3 Å². The lowest BCUT2D eigenvalue weighted by atomic mass is 9.81. The minimum absolute atomic E-state index is 0.0603. The quantitative estimate of drug-likeness (QED) is 0.754. The van der Waals surface area contributed by atoms with Crippen LogP contribution in [0.25, 0.3) is 0 Å². The fraction of sp³-hybridized carbons (Fsp3) is 0.533. The largest absolute Gasteiger partial charge is 0.299 e. The van der Waals surface area contributed by atoms with Gasteiger partial charge in [-0.2, -0.15) is 0 Å². The highest BCUT2D eigenvalue weighted by Crippen LogP contribution is 2.41. The summed E-state index contributed by atoms with van der Waals surface area (Å²) in [7, 11) is 0. The summed E-state index contributed by atoms with van der Waals surface area (Å²) in [6, 6.07) is 10.5. The van der Waals surface area contributed by atoms with E-state index in [2.05, 4.69) is 38.1 Å². The number of hydrogen-bond donors (Lipinski definition) is 0. The predicted molar refractivity (Wildman–Crippen MR) is 66.3 cm³/mol. The van der Waals surface area contributed by atoms with Gasteiger partial charge < -0.3 is 0 Å². The van der Waals surface area contributed by atoms with Crippen molar-refractivity contribution in [3.63, 3.8) is 0 Å². The van der Waals surface area contributed by atoms with Crippen molar-refractivity contribution in [3.05, 3.63) is 35.9 Å². The lowest BCUT2D eigenvalue weighted by molar-refractivity contribution is -0.125. The summed E-state index contributed by atoms with van der Waals surface area (Å²) >= 11 is 0. The molecule has 1 saturated carbocycles. The Balaban J connectivity index is 1.98. The first-order valence-electron chi connectivity index (χ1n) is 6.17. The topological polar surface area (TPSA) is 17.1 Å². The van der Waals surface area contributed by atoms with E-state index in [9.17, 15) is 4.79 Å². The summed E-state index contributed by atoms with van der Waals surface area (Å²) < 4.78 is 0. The van der Waals surface area contributed by atoms with Crippen molar-refractivity contribution in [1.29, 1.82) is 0 Å². The molecular weight excluding hydrogens is 196 g/mol. The number of carbonyl (C=O) groups excluding carboxylic acids is 1. The Morgan fingerprint density at radius 2 is 2.00 bits per heavy atom. The van der Waals surface area contributed by atoms with Crippen molar-refractivity contribution in [1.82, 2.24) is 0 Å². The Labute approximate surface area is 97.9 Å². The third-order valence-corrected chi connectivity index (χ3v) is 3.81. The number of carbonyl (C=O) groups is 1. The molecule has 0 saturated heterocycles. The van der Waals surface area contributed by atoms with Crippen LogP contribution < -0.4 is 0 Å². The normalized spacial score (nSPS) is 29.6. The molecular formula is C15H20O. The first-order valence-corrected chi connectivity index (χ1v) is 6.17. The highest BCUT2D eigenvalue weighted by atomic mass is 16.1. The van der Waals surface area contributed by atoms with E-state index in [0.29, 0.717) is 11.7 Å². The Morgan fingerprint density at radius 1 is 1.31 bits per heavy atom. The molecule has 1 nitrogen and oxygen atoms in total. The van der Waals surface area contributed by atoms with E-state index < -0.39 is 0 Å². The van der Waals surface area contributed by atoms with Crippen molar-refractivity contribution in [2.75, 3.05) is 0 Å². The van der Waals surface area contributed by atoms with E-state index in [4.69, 9.17) is 0 Å². The molecule has 0 radical (unpaired) electrons. The summed E-state index contributed by atoms with van der Waals surface area (Å²) in [6.45, 7) is 4.33. The van der Waals surface area contributed by atoms with Crippen LogP contribution in [0.3, 0.4) is 0 Å². The molecule has 0 aromatic heterocycles. The molecule has 1 fully saturated rings. The monoisotopic (exact) mass is 216 g/mol. The average molecular weight is 216 g/mol.